The number of halogens is 1. The summed E-state index contributed by atoms with van der Waals surface area (Å²) in [6.45, 7) is 6.84. The average Bonchev–Trinajstić information content (AvgIpc) is 2.70. The molecule has 1 aromatic rings. The summed E-state index contributed by atoms with van der Waals surface area (Å²) in [6.07, 6.45) is 1.87. The van der Waals surface area contributed by atoms with Crippen molar-refractivity contribution in [2.75, 3.05) is 45.9 Å². The van der Waals surface area contributed by atoms with Gasteiger partial charge in [-0.15, -0.1) is 0 Å². The second-order valence-electron chi connectivity index (χ2n) is 5.28. The van der Waals surface area contributed by atoms with E-state index in [0.29, 0.717) is 13.2 Å². The van der Waals surface area contributed by atoms with Crippen molar-refractivity contribution in [3.63, 3.8) is 0 Å². The van der Waals surface area contributed by atoms with Crippen LogP contribution >= 0.6 is 11.6 Å². The number of hydrogen-bond donors (Lipinski definition) is 1. The fraction of sp³-hybridized carbons (Fsp3) is 0.600. The molecule has 1 N–H and O–H groups in total. The molecule has 1 aromatic carbocycles. The maximum absolute atomic E-state index is 6.37. The zero-order valence-corrected chi connectivity index (χ0v) is 12.4. The van der Waals surface area contributed by atoms with Crippen LogP contribution in [0.1, 0.15) is 12.0 Å². The minimum atomic E-state index is 0.698. The van der Waals surface area contributed by atoms with Crippen LogP contribution in [0.4, 0.5) is 0 Å². The molecule has 0 radical (unpaired) electrons. The summed E-state index contributed by atoms with van der Waals surface area (Å²) >= 11 is 6.37. The van der Waals surface area contributed by atoms with Crippen molar-refractivity contribution in [2.45, 2.75) is 12.8 Å². The van der Waals surface area contributed by atoms with Crippen molar-refractivity contribution in [3.8, 4) is 11.5 Å². The van der Waals surface area contributed by atoms with Gasteiger partial charge in [-0.2, -0.15) is 0 Å². The molecule has 0 bridgehead atoms. The van der Waals surface area contributed by atoms with E-state index < -0.39 is 0 Å². The highest BCUT2D eigenvalue weighted by atomic mass is 35.5. The molecule has 2 aliphatic rings. The minimum absolute atomic E-state index is 0.698. The van der Waals surface area contributed by atoms with Gasteiger partial charge in [-0.1, -0.05) is 11.6 Å². The summed E-state index contributed by atoms with van der Waals surface area (Å²) < 4.78 is 11.4. The molecule has 0 spiro atoms. The molecule has 2 aliphatic heterocycles. The molecule has 0 amide bonds. The lowest BCUT2D eigenvalue weighted by Crippen LogP contribution is -2.44. The van der Waals surface area contributed by atoms with Gasteiger partial charge in [-0.05, 0) is 18.1 Å². The molecule has 1 saturated heterocycles. The molecular weight excluding hydrogens is 276 g/mol. The van der Waals surface area contributed by atoms with Gasteiger partial charge in [0.05, 0.1) is 13.2 Å². The SMILES string of the molecule is Clc1cc2c(cc1CCN1CCNCC1)OCCCO2. The van der Waals surface area contributed by atoms with E-state index >= 15 is 0 Å². The Morgan fingerprint density at radius 3 is 2.55 bits per heavy atom. The summed E-state index contributed by atoms with van der Waals surface area (Å²) in [4.78, 5) is 2.47. The van der Waals surface area contributed by atoms with Crippen LogP contribution in [0.15, 0.2) is 12.1 Å². The van der Waals surface area contributed by atoms with Gasteiger partial charge in [0.2, 0.25) is 0 Å². The largest absolute Gasteiger partial charge is 0.490 e. The van der Waals surface area contributed by atoms with E-state index in [9.17, 15) is 0 Å². The Hall–Kier alpha value is -0.970. The Morgan fingerprint density at radius 1 is 1.10 bits per heavy atom. The van der Waals surface area contributed by atoms with E-state index in [1.165, 1.54) is 0 Å². The van der Waals surface area contributed by atoms with E-state index in [-0.39, 0.29) is 0 Å². The Kier molecular flexibility index (Phi) is 4.65. The zero-order chi connectivity index (χ0) is 13.8. The quantitative estimate of drug-likeness (QED) is 0.924. The lowest BCUT2D eigenvalue weighted by molar-refractivity contribution is 0.244. The van der Waals surface area contributed by atoms with Crippen molar-refractivity contribution in [3.05, 3.63) is 22.7 Å². The maximum Gasteiger partial charge on any atom is 0.162 e. The van der Waals surface area contributed by atoms with E-state index in [2.05, 4.69) is 10.2 Å². The molecular formula is C15H21ClN2O2. The Balaban J connectivity index is 1.67. The van der Waals surface area contributed by atoms with Crippen LogP contribution in [-0.4, -0.2) is 50.8 Å². The predicted molar refractivity (Wildman–Crippen MR) is 80.1 cm³/mol. The molecule has 2 heterocycles. The number of benzene rings is 1. The molecule has 4 nitrogen and oxygen atoms in total. The summed E-state index contributed by atoms with van der Waals surface area (Å²) in [6, 6.07) is 3.94. The number of piperazine rings is 1. The maximum atomic E-state index is 6.37. The molecule has 0 aromatic heterocycles. The van der Waals surface area contributed by atoms with Crippen LogP contribution < -0.4 is 14.8 Å². The number of ether oxygens (including phenoxy) is 2. The van der Waals surface area contributed by atoms with E-state index in [0.717, 1.165) is 67.7 Å². The van der Waals surface area contributed by atoms with E-state index in [1.54, 1.807) is 0 Å². The second kappa shape index (κ2) is 6.66. The summed E-state index contributed by atoms with van der Waals surface area (Å²) in [5.41, 5.74) is 1.15. The average molecular weight is 297 g/mol. The van der Waals surface area contributed by atoms with E-state index in [1.807, 2.05) is 12.1 Å². The molecule has 0 unspecified atom stereocenters. The second-order valence-corrected chi connectivity index (χ2v) is 5.69. The van der Waals surface area contributed by atoms with Crippen LogP contribution in [0.25, 0.3) is 0 Å². The lowest BCUT2D eigenvalue weighted by atomic mass is 10.1. The first-order chi connectivity index (χ1) is 9.83. The number of nitrogens with one attached hydrogen (secondary N) is 1. The predicted octanol–water partition coefficient (Wildman–Crippen LogP) is 1.95. The first kappa shape index (κ1) is 14.0. The smallest absolute Gasteiger partial charge is 0.162 e. The molecule has 0 atom stereocenters. The molecule has 1 fully saturated rings. The molecule has 3 rings (SSSR count). The van der Waals surface area contributed by atoms with Crippen LogP contribution in [0, 0.1) is 0 Å². The van der Waals surface area contributed by atoms with E-state index in [4.69, 9.17) is 21.1 Å². The van der Waals surface area contributed by atoms with Gasteiger partial charge < -0.3 is 19.7 Å². The highest BCUT2D eigenvalue weighted by Gasteiger charge is 2.15. The van der Waals surface area contributed by atoms with Crippen molar-refractivity contribution in [1.82, 2.24) is 10.2 Å². The summed E-state index contributed by atoms with van der Waals surface area (Å²) in [5, 5.41) is 4.15. The molecule has 0 saturated carbocycles. The third kappa shape index (κ3) is 3.37. The zero-order valence-electron chi connectivity index (χ0n) is 11.7. The lowest BCUT2D eigenvalue weighted by Gasteiger charge is -2.27. The number of hydrogen-bond acceptors (Lipinski definition) is 4. The Morgan fingerprint density at radius 2 is 1.80 bits per heavy atom. The molecule has 0 aliphatic carbocycles. The third-order valence-corrected chi connectivity index (χ3v) is 4.18. The Bertz CT molecular complexity index is 461. The van der Waals surface area contributed by atoms with Crippen molar-refractivity contribution in [1.29, 1.82) is 0 Å². The van der Waals surface area contributed by atoms with Gasteiger partial charge in [-0.25, -0.2) is 0 Å². The van der Waals surface area contributed by atoms with Gasteiger partial charge >= 0.3 is 0 Å². The van der Waals surface area contributed by atoms with Crippen molar-refractivity contribution >= 4 is 11.6 Å². The number of rotatable bonds is 3. The first-order valence-corrected chi connectivity index (χ1v) is 7.72. The molecule has 5 heteroatoms. The minimum Gasteiger partial charge on any atom is -0.490 e. The Labute approximate surface area is 125 Å². The van der Waals surface area contributed by atoms with Gasteiger partial charge in [0.15, 0.2) is 11.5 Å². The highest BCUT2D eigenvalue weighted by Crippen LogP contribution is 2.35. The first-order valence-electron chi connectivity index (χ1n) is 7.34. The normalized spacial score (nSPS) is 19.6. The van der Waals surface area contributed by atoms with Crippen LogP contribution in [0.3, 0.4) is 0 Å². The topological polar surface area (TPSA) is 33.7 Å². The third-order valence-electron chi connectivity index (χ3n) is 3.82. The fourth-order valence-electron chi connectivity index (χ4n) is 2.63. The van der Waals surface area contributed by atoms with Crippen molar-refractivity contribution < 1.29 is 9.47 Å². The van der Waals surface area contributed by atoms with Crippen LogP contribution in [0.2, 0.25) is 5.02 Å². The van der Waals surface area contributed by atoms with Gasteiger partial charge in [0.25, 0.3) is 0 Å². The van der Waals surface area contributed by atoms with Gasteiger partial charge in [0.1, 0.15) is 0 Å². The van der Waals surface area contributed by atoms with Gasteiger partial charge in [0, 0.05) is 50.2 Å². The standard InChI is InChI=1S/C15H21ClN2O2/c16-13-11-15-14(19-8-1-9-20-15)10-12(13)2-5-18-6-3-17-4-7-18/h10-11,17H,1-9H2. The highest BCUT2D eigenvalue weighted by molar-refractivity contribution is 6.31. The summed E-state index contributed by atoms with van der Waals surface area (Å²) in [7, 11) is 0. The monoisotopic (exact) mass is 296 g/mol. The van der Waals surface area contributed by atoms with Crippen LogP contribution in [0.5, 0.6) is 11.5 Å². The molecule has 20 heavy (non-hydrogen) atoms. The van der Waals surface area contributed by atoms with Gasteiger partial charge in [-0.3, -0.25) is 0 Å². The number of nitrogens with zero attached hydrogens (tertiary/aromatic N) is 1. The molecule has 110 valence electrons. The fourth-order valence-corrected chi connectivity index (χ4v) is 2.88. The number of fused-ring (bicyclic) bond motifs is 1. The van der Waals surface area contributed by atoms with Crippen LogP contribution in [-0.2, 0) is 6.42 Å². The van der Waals surface area contributed by atoms with Crippen molar-refractivity contribution in [2.24, 2.45) is 0 Å². The summed E-state index contributed by atoms with van der Waals surface area (Å²) in [5.74, 6) is 1.61.